The molecular formula is C35H39F6O8S2+. The Balaban J connectivity index is 1.67. The molecule has 1 heterocycles. The van der Waals surface area contributed by atoms with Crippen LogP contribution in [0.2, 0.25) is 0 Å². The van der Waals surface area contributed by atoms with Crippen LogP contribution in [0.25, 0.3) is 0 Å². The van der Waals surface area contributed by atoms with E-state index >= 15 is 0 Å². The van der Waals surface area contributed by atoms with Crippen molar-refractivity contribution in [1.29, 1.82) is 0 Å². The molecule has 0 saturated carbocycles. The van der Waals surface area contributed by atoms with Gasteiger partial charge in [0.25, 0.3) is 0 Å². The summed E-state index contributed by atoms with van der Waals surface area (Å²) in [4.78, 5) is 15.0. The molecule has 51 heavy (non-hydrogen) atoms. The standard InChI is InChI=1S/C35H38F6O8S2/c1-21-16-28(17-22(2)30(21)49-29(42)18-46-23(3)35(40,41)51(43,44)45)50(26-12-8-24(9-13-26)31(4,5)6)27-14-10-25(11-15-27)32(7)47-19-33(36,37)34(38,39)20-48-32/h8-17,23H,18-20H2,1-7H3/p+1. The summed E-state index contributed by atoms with van der Waals surface area (Å²) in [5.74, 6) is -11.7. The molecule has 8 nitrogen and oxygen atoms in total. The third kappa shape index (κ3) is 8.74. The van der Waals surface area contributed by atoms with E-state index in [1.807, 2.05) is 24.3 Å². The van der Waals surface area contributed by atoms with Crippen LogP contribution in [0.1, 0.15) is 56.9 Å². The van der Waals surface area contributed by atoms with E-state index in [0.717, 1.165) is 20.2 Å². The van der Waals surface area contributed by atoms with Crippen molar-refractivity contribution in [2.24, 2.45) is 0 Å². The molecular weight excluding hydrogens is 726 g/mol. The highest BCUT2D eigenvalue weighted by atomic mass is 32.2. The van der Waals surface area contributed by atoms with Crippen LogP contribution in [-0.4, -0.2) is 62.0 Å². The number of alkyl halides is 6. The fourth-order valence-corrected chi connectivity index (χ4v) is 7.81. The van der Waals surface area contributed by atoms with Gasteiger partial charge in [-0.05, 0) is 86.2 Å². The Morgan fingerprint density at radius 1 is 0.882 bits per heavy atom. The van der Waals surface area contributed by atoms with E-state index in [4.69, 9.17) is 23.5 Å². The first-order chi connectivity index (χ1) is 23.3. The Labute approximate surface area is 295 Å². The molecule has 2 atom stereocenters. The van der Waals surface area contributed by atoms with E-state index in [9.17, 15) is 39.6 Å². The van der Waals surface area contributed by atoms with Crippen molar-refractivity contribution in [3.05, 3.63) is 82.9 Å². The number of aryl methyl sites for hydroxylation is 2. The summed E-state index contributed by atoms with van der Waals surface area (Å²) >= 11 is 0. The Morgan fingerprint density at radius 3 is 1.76 bits per heavy atom. The predicted molar refractivity (Wildman–Crippen MR) is 176 cm³/mol. The van der Waals surface area contributed by atoms with Gasteiger partial charge < -0.3 is 18.9 Å². The molecule has 1 aliphatic heterocycles. The lowest BCUT2D eigenvalue weighted by molar-refractivity contribution is -0.233. The molecule has 1 N–H and O–H groups in total. The maximum Gasteiger partial charge on any atom is 0.394 e. The normalized spacial score (nSPS) is 18.8. The maximum atomic E-state index is 14.0. The first kappa shape index (κ1) is 40.6. The number of halogens is 6. The highest BCUT2D eigenvalue weighted by Crippen LogP contribution is 2.43. The minimum atomic E-state index is -5.79. The zero-order chi connectivity index (χ0) is 38.4. The molecule has 0 aliphatic carbocycles. The van der Waals surface area contributed by atoms with Gasteiger partial charge in [-0.3, -0.25) is 4.55 Å². The zero-order valence-electron chi connectivity index (χ0n) is 28.9. The maximum absolute atomic E-state index is 14.0. The molecule has 280 valence electrons. The Hall–Kier alpha value is -3.15. The Morgan fingerprint density at radius 2 is 1.33 bits per heavy atom. The Kier molecular flexibility index (Phi) is 11.4. The topological polar surface area (TPSA) is 108 Å². The van der Waals surface area contributed by atoms with Gasteiger partial charge in [0.15, 0.2) is 20.5 Å². The van der Waals surface area contributed by atoms with Gasteiger partial charge in [-0.1, -0.05) is 32.9 Å². The van der Waals surface area contributed by atoms with Crippen LogP contribution in [0.5, 0.6) is 5.75 Å². The number of ether oxygens (including phenoxy) is 4. The number of benzene rings is 3. The van der Waals surface area contributed by atoms with Crippen molar-refractivity contribution < 1.29 is 63.1 Å². The first-order valence-corrected chi connectivity index (χ1v) is 18.2. The third-order valence-electron chi connectivity index (χ3n) is 8.32. The SMILES string of the molecule is Cc1cc([S+](c2ccc(C(C)(C)C)cc2)c2ccc(C3(C)OCC(F)(F)C(F)(F)CO3)cc2)cc(C)c1OC(=O)COC(C)C(F)(F)S(=O)(=O)O. The second-order valence-corrected chi connectivity index (χ2v) is 16.9. The fourth-order valence-electron chi connectivity index (χ4n) is 5.10. The molecule has 1 saturated heterocycles. The van der Waals surface area contributed by atoms with Crippen LogP contribution in [0, 0.1) is 13.8 Å². The third-order valence-corrected chi connectivity index (χ3v) is 11.5. The first-order valence-electron chi connectivity index (χ1n) is 15.6. The molecule has 1 fully saturated rings. The number of hydrogen-bond acceptors (Lipinski definition) is 7. The summed E-state index contributed by atoms with van der Waals surface area (Å²) < 4.78 is 135. The summed E-state index contributed by atoms with van der Waals surface area (Å²) in [6.07, 6.45) is -2.35. The van der Waals surface area contributed by atoms with Crippen molar-refractivity contribution in [3.8, 4) is 5.75 Å². The quantitative estimate of drug-likeness (QED) is 0.0729. The van der Waals surface area contributed by atoms with Gasteiger partial charge >= 0.3 is 33.2 Å². The van der Waals surface area contributed by atoms with Crippen molar-refractivity contribution in [2.45, 2.75) is 97.6 Å². The number of carbonyl (C=O) groups excluding carboxylic acids is 1. The van der Waals surface area contributed by atoms with Crippen molar-refractivity contribution >= 4 is 27.0 Å². The van der Waals surface area contributed by atoms with E-state index in [1.165, 1.54) is 6.92 Å². The molecule has 3 aromatic carbocycles. The molecule has 3 aromatic rings. The molecule has 0 bridgehead atoms. The van der Waals surface area contributed by atoms with Gasteiger partial charge in [-0.25, -0.2) is 4.79 Å². The molecule has 16 heteroatoms. The molecule has 0 radical (unpaired) electrons. The summed E-state index contributed by atoms with van der Waals surface area (Å²) in [7, 11) is -6.61. The van der Waals surface area contributed by atoms with Gasteiger partial charge in [0, 0.05) is 17.7 Å². The minimum Gasteiger partial charge on any atom is -0.424 e. The minimum absolute atomic E-state index is 0.118. The lowest BCUT2D eigenvalue weighted by Gasteiger charge is -2.28. The van der Waals surface area contributed by atoms with Crippen molar-refractivity contribution in [3.63, 3.8) is 0 Å². The second kappa shape index (κ2) is 14.3. The number of esters is 1. The van der Waals surface area contributed by atoms with Crippen molar-refractivity contribution in [2.75, 3.05) is 19.8 Å². The summed E-state index contributed by atoms with van der Waals surface area (Å²) in [5.41, 5.74) is 2.17. The molecule has 0 amide bonds. The highest BCUT2D eigenvalue weighted by molar-refractivity contribution is 7.97. The average Bonchev–Trinajstić information content (AvgIpc) is 3.11. The van der Waals surface area contributed by atoms with Gasteiger partial charge in [-0.15, -0.1) is 0 Å². The number of carbonyl (C=O) groups is 1. The van der Waals surface area contributed by atoms with E-state index in [2.05, 4.69) is 20.8 Å². The largest absolute Gasteiger partial charge is 0.424 e. The summed E-state index contributed by atoms with van der Waals surface area (Å²) in [6.45, 7) is 7.40. The van der Waals surface area contributed by atoms with Gasteiger partial charge in [0.2, 0.25) is 0 Å². The molecule has 2 unspecified atom stereocenters. The van der Waals surface area contributed by atoms with E-state index in [1.54, 1.807) is 50.2 Å². The van der Waals surface area contributed by atoms with Crippen LogP contribution in [0.4, 0.5) is 26.3 Å². The van der Waals surface area contributed by atoms with E-state index in [0.29, 0.717) is 18.1 Å². The number of rotatable bonds is 10. The Bertz CT molecular complexity index is 1800. The van der Waals surface area contributed by atoms with Crippen LogP contribution < -0.4 is 4.74 Å². The average molecular weight is 766 g/mol. The van der Waals surface area contributed by atoms with Crippen molar-refractivity contribution in [1.82, 2.24) is 0 Å². The molecule has 4 rings (SSSR count). The molecule has 0 spiro atoms. The zero-order valence-corrected chi connectivity index (χ0v) is 30.5. The van der Waals surface area contributed by atoms with Crippen LogP contribution in [-0.2, 0) is 51.2 Å². The van der Waals surface area contributed by atoms with E-state index in [-0.39, 0.29) is 16.7 Å². The predicted octanol–water partition coefficient (Wildman–Crippen LogP) is 7.98. The highest BCUT2D eigenvalue weighted by Gasteiger charge is 2.60. The van der Waals surface area contributed by atoms with Gasteiger partial charge in [-0.2, -0.15) is 34.8 Å². The fraction of sp³-hybridized carbons (Fsp3) is 0.457. The van der Waals surface area contributed by atoms with E-state index < -0.39 is 75.8 Å². The smallest absolute Gasteiger partial charge is 0.394 e. The molecule has 1 aliphatic rings. The summed E-state index contributed by atoms with van der Waals surface area (Å²) in [6, 6.07) is 18.0. The number of hydrogen-bond donors (Lipinski definition) is 1. The van der Waals surface area contributed by atoms with Crippen LogP contribution in [0.15, 0.2) is 75.4 Å². The lowest BCUT2D eigenvalue weighted by atomic mass is 9.87. The van der Waals surface area contributed by atoms with Gasteiger partial charge in [0.05, 0.1) is 10.9 Å². The lowest BCUT2D eigenvalue weighted by Crippen LogP contribution is -2.45. The van der Waals surface area contributed by atoms with Gasteiger partial charge in [0.1, 0.15) is 31.7 Å². The molecule has 0 aromatic heterocycles. The van der Waals surface area contributed by atoms with Crippen LogP contribution >= 0.6 is 0 Å². The monoisotopic (exact) mass is 765 g/mol. The van der Waals surface area contributed by atoms with Crippen LogP contribution in [0.3, 0.4) is 0 Å². The second-order valence-electron chi connectivity index (χ2n) is 13.4. The summed E-state index contributed by atoms with van der Waals surface area (Å²) in [5, 5.41) is -4.66.